The van der Waals surface area contributed by atoms with E-state index in [0.29, 0.717) is 0 Å². The Balaban J connectivity index is 1.99. The molecule has 7 nitrogen and oxygen atoms in total. The number of methoxy groups -OCH3 is 2. The number of aliphatic hydroxyl groups is 1. The Morgan fingerprint density at radius 3 is 2.16 bits per heavy atom. The number of carbonyl (C=O) groups excluding carboxylic acids is 2. The first-order chi connectivity index (χ1) is 17.9. The Morgan fingerprint density at radius 2 is 1.61 bits per heavy atom. The van der Waals surface area contributed by atoms with E-state index in [9.17, 15) is 33.0 Å². The summed E-state index contributed by atoms with van der Waals surface area (Å²) >= 11 is 12.6. The van der Waals surface area contributed by atoms with Crippen LogP contribution < -0.4 is 14.4 Å². The Morgan fingerprint density at radius 1 is 0.974 bits per heavy atom. The maximum Gasteiger partial charge on any atom is 0.416 e. The summed E-state index contributed by atoms with van der Waals surface area (Å²) in [7, 11) is 2.56. The van der Waals surface area contributed by atoms with Crippen molar-refractivity contribution in [3.8, 4) is 17.2 Å². The van der Waals surface area contributed by atoms with E-state index in [4.69, 9.17) is 32.7 Å². The molecule has 0 spiro atoms. The number of amides is 1. The Labute approximate surface area is 224 Å². The number of carbonyl (C=O) groups is 2. The normalized spacial score (nSPS) is 17.1. The van der Waals surface area contributed by atoms with E-state index in [2.05, 4.69) is 0 Å². The van der Waals surface area contributed by atoms with Gasteiger partial charge in [-0.15, -0.1) is 0 Å². The molecule has 1 atom stereocenters. The number of aromatic hydroxyl groups is 1. The van der Waals surface area contributed by atoms with Crippen molar-refractivity contribution in [3.05, 3.63) is 86.9 Å². The third-order valence-corrected chi connectivity index (χ3v) is 6.52. The molecule has 12 heteroatoms. The standard InChI is InChI=1S/C26H18Cl2F3NO6/c1-37-23-16(11-17(27)24(38-2)19(23)28)21(34)18-20(12-4-3-5-15(33)10-12)32(25(36)22(18)35)14-8-6-13(7-9-14)26(29,30)31/h3-11,20,33-34H,1-2H3/b21-18+. The number of ketones is 1. The monoisotopic (exact) mass is 567 g/mol. The molecule has 1 saturated heterocycles. The van der Waals surface area contributed by atoms with E-state index in [-0.39, 0.29) is 44.1 Å². The van der Waals surface area contributed by atoms with E-state index < -0.39 is 40.8 Å². The highest BCUT2D eigenvalue weighted by Crippen LogP contribution is 2.48. The molecule has 198 valence electrons. The first-order valence-electron chi connectivity index (χ1n) is 10.8. The highest BCUT2D eigenvalue weighted by atomic mass is 35.5. The number of hydrogen-bond acceptors (Lipinski definition) is 6. The molecule has 0 bridgehead atoms. The van der Waals surface area contributed by atoms with Crippen LogP contribution in [0.15, 0.2) is 60.2 Å². The van der Waals surface area contributed by atoms with Crippen molar-refractivity contribution in [2.75, 3.05) is 19.1 Å². The summed E-state index contributed by atoms with van der Waals surface area (Å²) in [6, 6.07) is 9.00. The lowest BCUT2D eigenvalue weighted by molar-refractivity contribution is -0.137. The van der Waals surface area contributed by atoms with Gasteiger partial charge in [-0.25, -0.2) is 0 Å². The number of ether oxygens (including phenoxy) is 2. The van der Waals surface area contributed by atoms with Gasteiger partial charge in [-0.1, -0.05) is 35.3 Å². The van der Waals surface area contributed by atoms with Gasteiger partial charge in [0, 0.05) is 5.69 Å². The number of phenolic OH excluding ortho intramolecular Hbond substituents is 1. The number of rotatable bonds is 5. The molecule has 3 aromatic carbocycles. The fourth-order valence-corrected chi connectivity index (χ4v) is 4.90. The van der Waals surface area contributed by atoms with Crippen molar-refractivity contribution in [2.24, 2.45) is 0 Å². The topological polar surface area (TPSA) is 96.3 Å². The lowest BCUT2D eigenvalue weighted by atomic mass is 9.94. The molecule has 0 radical (unpaired) electrons. The van der Waals surface area contributed by atoms with Crippen LogP contribution in [0.2, 0.25) is 10.0 Å². The minimum atomic E-state index is -4.62. The molecule has 1 aliphatic rings. The van der Waals surface area contributed by atoms with Gasteiger partial charge >= 0.3 is 6.18 Å². The van der Waals surface area contributed by atoms with Gasteiger partial charge in [0.05, 0.1) is 42.0 Å². The van der Waals surface area contributed by atoms with Crippen LogP contribution in [0.25, 0.3) is 5.76 Å². The molecular weight excluding hydrogens is 550 g/mol. The third-order valence-electron chi connectivity index (χ3n) is 5.90. The van der Waals surface area contributed by atoms with Gasteiger partial charge in [0.1, 0.15) is 16.5 Å². The fourth-order valence-electron chi connectivity index (χ4n) is 4.21. The zero-order valence-electron chi connectivity index (χ0n) is 19.6. The summed E-state index contributed by atoms with van der Waals surface area (Å²) in [5, 5.41) is 21.3. The quantitative estimate of drug-likeness (QED) is 0.211. The van der Waals surface area contributed by atoms with Crippen molar-refractivity contribution in [1.29, 1.82) is 0 Å². The van der Waals surface area contributed by atoms with Crippen molar-refractivity contribution in [2.45, 2.75) is 12.2 Å². The Kier molecular flexibility index (Phi) is 7.22. The molecule has 1 fully saturated rings. The molecule has 3 aromatic rings. The van der Waals surface area contributed by atoms with E-state index in [1.54, 1.807) is 0 Å². The number of alkyl halides is 3. The van der Waals surface area contributed by atoms with Crippen LogP contribution >= 0.6 is 23.2 Å². The lowest BCUT2D eigenvalue weighted by Gasteiger charge is -2.26. The van der Waals surface area contributed by atoms with Crippen LogP contribution in [0.4, 0.5) is 18.9 Å². The molecule has 1 aliphatic heterocycles. The highest BCUT2D eigenvalue weighted by Gasteiger charge is 2.47. The maximum atomic E-state index is 13.3. The average molecular weight is 568 g/mol. The molecule has 1 amide bonds. The first kappa shape index (κ1) is 27.2. The van der Waals surface area contributed by atoms with E-state index in [1.165, 1.54) is 44.6 Å². The molecule has 0 aromatic heterocycles. The number of aliphatic hydroxyl groups excluding tert-OH is 1. The van der Waals surface area contributed by atoms with Crippen LogP contribution in [0.5, 0.6) is 17.2 Å². The van der Waals surface area contributed by atoms with Crippen LogP contribution in [-0.4, -0.2) is 36.1 Å². The highest BCUT2D eigenvalue weighted by molar-refractivity contribution is 6.52. The summed E-state index contributed by atoms with van der Waals surface area (Å²) in [5.74, 6) is -3.26. The summed E-state index contributed by atoms with van der Waals surface area (Å²) in [6.45, 7) is 0. The second kappa shape index (κ2) is 10.1. The van der Waals surface area contributed by atoms with Gasteiger partial charge in [-0.3, -0.25) is 14.5 Å². The summed E-state index contributed by atoms with van der Waals surface area (Å²) in [4.78, 5) is 27.5. The van der Waals surface area contributed by atoms with Gasteiger partial charge in [-0.05, 0) is 48.0 Å². The Hall–Kier alpha value is -3.89. The van der Waals surface area contributed by atoms with Gasteiger partial charge in [0.15, 0.2) is 11.5 Å². The smallest absolute Gasteiger partial charge is 0.416 e. The van der Waals surface area contributed by atoms with Crippen molar-refractivity contribution < 1.29 is 42.4 Å². The van der Waals surface area contributed by atoms with Crippen molar-refractivity contribution in [1.82, 2.24) is 0 Å². The average Bonchev–Trinajstić information content (AvgIpc) is 3.13. The van der Waals surface area contributed by atoms with E-state index in [0.717, 1.165) is 29.2 Å². The zero-order valence-corrected chi connectivity index (χ0v) is 21.1. The molecule has 0 saturated carbocycles. The number of nitrogens with zero attached hydrogens (tertiary/aromatic N) is 1. The molecule has 1 unspecified atom stereocenters. The number of Topliss-reactive ketones (excluding diaryl/α,β-unsaturated/α-hetero) is 1. The minimum Gasteiger partial charge on any atom is -0.508 e. The van der Waals surface area contributed by atoms with Gasteiger partial charge in [0.25, 0.3) is 11.7 Å². The molecule has 2 N–H and O–H groups in total. The van der Waals surface area contributed by atoms with Crippen LogP contribution in [0.3, 0.4) is 0 Å². The number of anilines is 1. The molecular formula is C26H18Cl2F3NO6. The summed E-state index contributed by atoms with van der Waals surface area (Å²) in [5.41, 5.74) is -1.39. The lowest BCUT2D eigenvalue weighted by Crippen LogP contribution is -2.29. The first-order valence-corrected chi connectivity index (χ1v) is 11.5. The molecule has 4 rings (SSSR count). The maximum absolute atomic E-state index is 13.3. The largest absolute Gasteiger partial charge is 0.508 e. The fraction of sp³-hybridized carbons (Fsp3) is 0.154. The summed E-state index contributed by atoms with van der Waals surface area (Å²) < 4.78 is 49.8. The number of phenols is 1. The number of halogens is 5. The van der Waals surface area contributed by atoms with Crippen LogP contribution in [0, 0.1) is 0 Å². The number of benzene rings is 3. The zero-order chi connectivity index (χ0) is 27.9. The Bertz CT molecular complexity index is 1470. The second-order valence-corrected chi connectivity index (χ2v) is 8.88. The SMILES string of the molecule is COc1c(Cl)cc(/C(O)=C2\C(=O)C(=O)N(c3ccc(C(F)(F)F)cc3)C2c2cccc(O)c2)c(OC)c1Cl. The predicted octanol–water partition coefficient (Wildman–Crippen LogP) is 6.36. The van der Waals surface area contributed by atoms with Crippen LogP contribution in [0.1, 0.15) is 22.7 Å². The van der Waals surface area contributed by atoms with Gasteiger partial charge in [0.2, 0.25) is 0 Å². The second-order valence-electron chi connectivity index (χ2n) is 8.10. The predicted molar refractivity (Wildman–Crippen MR) is 134 cm³/mol. The minimum absolute atomic E-state index is 0.0364. The third kappa shape index (κ3) is 4.61. The van der Waals surface area contributed by atoms with Crippen molar-refractivity contribution >= 4 is 46.3 Å². The van der Waals surface area contributed by atoms with Gasteiger partial charge < -0.3 is 19.7 Å². The van der Waals surface area contributed by atoms with E-state index in [1.807, 2.05) is 0 Å². The molecule has 0 aliphatic carbocycles. The van der Waals surface area contributed by atoms with Crippen molar-refractivity contribution in [3.63, 3.8) is 0 Å². The molecule has 38 heavy (non-hydrogen) atoms. The summed E-state index contributed by atoms with van der Waals surface area (Å²) in [6.07, 6.45) is -4.62. The molecule has 1 heterocycles. The number of hydrogen-bond donors (Lipinski definition) is 2. The van der Waals surface area contributed by atoms with Crippen LogP contribution in [-0.2, 0) is 15.8 Å². The van der Waals surface area contributed by atoms with E-state index >= 15 is 0 Å². The van der Waals surface area contributed by atoms with Gasteiger partial charge in [-0.2, -0.15) is 13.2 Å².